The fourth-order valence-corrected chi connectivity index (χ4v) is 15.2. The minimum atomic E-state index is 1.06. The van der Waals surface area contributed by atoms with Crippen molar-refractivity contribution in [3.8, 4) is 77.9 Å². The molecule has 0 bridgehead atoms. The molecular formula is C104H74N4. The number of nitrogens with zero attached hydrogens (tertiary/aromatic N) is 4. The molecule has 0 saturated carbocycles. The minimum Gasteiger partial charge on any atom is -0.311 e. The van der Waals surface area contributed by atoms with Crippen LogP contribution in [0.2, 0.25) is 0 Å². The fourth-order valence-electron chi connectivity index (χ4n) is 15.2. The van der Waals surface area contributed by atoms with Gasteiger partial charge in [-0.05, 0) is 228 Å². The molecule has 0 N–H and O–H groups in total. The van der Waals surface area contributed by atoms with E-state index in [1.54, 1.807) is 0 Å². The molecule has 108 heavy (non-hydrogen) atoms. The lowest BCUT2D eigenvalue weighted by Gasteiger charge is -2.28. The first-order valence-corrected chi connectivity index (χ1v) is 36.9. The summed E-state index contributed by atoms with van der Waals surface area (Å²) in [7, 11) is 0. The van der Waals surface area contributed by atoms with Gasteiger partial charge in [0.1, 0.15) is 0 Å². The maximum absolute atomic E-state index is 2.41. The van der Waals surface area contributed by atoms with Crippen LogP contribution in [-0.2, 0) is 0 Å². The van der Waals surface area contributed by atoms with Crippen molar-refractivity contribution < 1.29 is 0 Å². The van der Waals surface area contributed by atoms with Crippen molar-refractivity contribution in [3.63, 3.8) is 0 Å². The number of benzene rings is 18. The van der Waals surface area contributed by atoms with Gasteiger partial charge in [0.15, 0.2) is 0 Å². The molecule has 18 rings (SSSR count). The molecular weight excluding hydrogens is 1310 g/mol. The van der Waals surface area contributed by atoms with Gasteiger partial charge in [-0.1, -0.05) is 309 Å². The van der Waals surface area contributed by atoms with Crippen LogP contribution in [0.15, 0.2) is 449 Å². The highest BCUT2D eigenvalue weighted by atomic mass is 15.2. The maximum atomic E-state index is 2.41. The van der Waals surface area contributed by atoms with E-state index in [1.165, 1.54) is 54.9 Å². The van der Waals surface area contributed by atoms with E-state index >= 15 is 0 Å². The average molecular weight is 1380 g/mol. The largest absolute Gasteiger partial charge is 0.311 e. The Hall–Kier alpha value is -14.3. The van der Waals surface area contributed by atoms with Crippen molar-refractivity contribution in [2.24, 2.45) is 0 Å². The Labute approximate surface area is 632 Å². The number of hydrogen-bond acceptors (Lipinski definition) is 4. The van der Waals surface area contributed by atoms with Crippen molar-refractivity contribution in [3.05, 3.63) is 449 Å². The Balaban J connectivity index is 0.629. The SMILES string of the molecule is c1ccc(-c2ccc(N(c3ccc(-c4ccccc4)cc3)c3ccc(-c4ccc(N(c5ccc(-c6ccccc6)cc5)c5ccc(-c6cccc(-c7cccc(N(c8ccc(-c9ccc(N(c%10ccccc%10)c%10cccc%11ccccc%10%11)cc9)cc8)c8cccc9ccccc89)c7)c6)cc5)cc4)cc3)cc2)cc1. The Morgan fingerprint density at radius 2 is 0.306 bits per heavy atom. The van der Waals surface area contributed by atoms with Crippen molar-refractivity contribution in [1.29, 1.82) is 0 Å². The van der Waals surface area contributed by atoms with Crippen LogP contribution in [0.5, 0.6) is 0 Å². The standard InChI is InChI=1S/C104H74N4/c1-5-21-75(22-6-1)78-41-57-92(58-42-78)105(93-59-43-79(44-60-93)76-23-7-2-8-24-76)95-63-47-81(48-64-95)82-49-65-96(66-50-82)106(94-61-45-80(46-62-94)77-25-9-3-10-26-77)97-67-55-85(56-68-97)88-31-17-32-89(73-88)90-33-18-36-100(74-90)108(104-40-20-30-87-28-14-16-38-102(87)104)99-71-53-84(54-72-99)83-51-69-98(70-52-83)107(91-34-11-4-12-35-91)103-39-19-29-86-27-13-15-37-101(86)103/h1-74H. The lowest BCUT2D eigenvalue weighted by molar-refractivity contribution is 1.28. The van der Waals surface area contributed by atoms with Crippen LogP contribution in [-0.4, -0.2) is 0 Å². The predicted octanol–water partition coefficient (Wildman–Crippen LogP) is 29.5. The predicted molar refractivity (Wildman–Crippen MR) is 458 cm³/mol. The third-order valence-electron chi connectivity index (χ3n) is 20.7. The van der Waals surface area contributed by atoms with Gasteiger partial charge in [0, 0.05) is 67.6 Å². The number of fused-ring (bicyclic) bond motifs is 2. The number of rotatable bonds is 19. The monoisotopic (exact) mass is 1380 g/mol. The van der Waals surface area contributed by atoms with E-state index in [9.17, 15) is 0 Å². The van der Waals surface area contributed by atoms with Crippen LogP contribution in [0.1, 0.15) is 0 Å². The average Bonchev–Trinajstić information content (AvgIpc) is 0.757. The molecule has 4 heteroatoms. The first-order valence-electron chi connectivity index (χ1n) is 36.9. The van der Waals surface area contributed by atoms with Crippen LogP contribution in [0.4, 0.5) is 68.2 Å². The molecule has 510 valence electrons. The van der Waals surface area contributed by atoms with Gasteiger partial charge in [0.25, 0.3) is 0 Å². The second kappa shape index (κ2) is 29.8. The molecule has 0 unspecified atom stereocenters. The smallest absolute Gasteiger partial charge is 0.0540 e. The van der Waals surface area contributed by atoms with E-state index in [0.717, 1.165) is 113 Å². The zero-order valence-electron chi connectivity index (χ0n) is 59.5. The van der Waals surface area contributed by atoms with Crippen LogP contribution in [0, 0.1) is 0 Å². The molecule has 0 radical (unpaired) electrons. The second-order valence-electron chi connectivity index (χ2n) is 27.3. The van der Waals surface area contributed by atoms with E-state index in [-0.39, 0.29) is 0 Å². The summed E-state index contributed by atoms with van der Waals surface area (Å²) in [6.45, 7) is 0. The summed E-state index contributed by atoms with van der Waals surface area (Å²) in [5.74, 6) is 0. The highest BCUT2D eigenvalue weighted by Gasteiger charge is 2.21. The first-order chi connectivity index (χ1) is 53.5. The third-order valence-corrected chi connectivity index (χ3v) is 20.7. The molecule has 4 nitrogen and oxygen atoms in total. The summed E-state index contributed by atoms with van der Waals surface area (Å²) >= 11 is 0. The fraction of sp³-hybridized carbons (Fsp3) is 0. The Morgan fingerprint density at radius 3 is 0.639 bits per heavy atom. The molecule has 0 amide bonds. The molecule has 0 aliphatic rings. The van der Waals surface area contributed by atoms with Crippen LogP contribution >= 0.6 is 0 Å². The van der Waals surface area contributed by atoms with Crippen molar-refractivity contribution in [2.45, 2.75) is 0 Å². The molecule has 0 aromatic heterocycles. The Bertz CT molecular complexity index is 6000. The molecule has 0 heterocycles. The van der Waals surface area contributed by atoms with Crippen molar-refractivity contribution in [1.82, 2.24) is 0 Å². The molecule has 0 atom stereocenters. The molecule has 0 spiro atoms. The highest BCUT2D eigenvalue weighted by molar-refractivity contribution is 6.01. The van der Waals surface area contributed by atoms with Gasteiger partial charge in [0.2, 0.25) is 0 Å². The summed E-state index contributed by atoms with van der Waals surface area (Å²) < 4.78 is 0. The molecule has 0 aliphatic carbocycles. The summed E-state index contributed by atoms with van der Waals surface area (Å²) in [5, 5.41) is 4.78. The third kappa shape index (κ3) is 13.6. The number of anilines is 12. The Morgan fingerprint density at radius 1 is 0.111 bits per heavy atom. The molecule has 0 aliphatic heterocycles. The van der Waals surface area contributed by atoms with E-state index in [4.69, 9.17) is 0 Å². The lowest BCUT2D eigenvalue weighted by Crippen LogP contribution is -2.10. The summed E-state index contributed by atoms with van der Waals surface area (Å²) in [6, 6.07) is 163. The van der Waals surface area contributed by atoms with Crippen LogP contribution in [0.3, 0.4) is 0 Å². The van der Waals surface area contributed by atoms with Gasteiger partial charge in [-0.25, -0.2) is 0 Å². The van der Waals surface area contributed by atoms with Crippen molar-refractivity contribution in [2.75, 3.05) is 19.6 Å². The summed E-state index contributed by atoms with van der Waals surface area (Å²) in [5.41, 5.74) is 29.2. The lowest BCUT2D eigenvalue weighted by atomic mass is 9.98. The minimum absolute atomic E-state index is 1.06. The van der Waals surface area contributed by atoms with Crippen molar-refractivity contribution >= 4 is 89.8 Å². The Kier molecular flexibility index (Phi) is 18.1. The molecule has 0 saturated heterocycles. The molecule has 18 aromatic rings. The first kappa shape index (κ1) is 65.7. The summed E-state index contributed by atoms with van der Waals surface area (Å²) in [6.07, 6.45) is 0. The summed E-state index contributed by atoms with van der Waals surface area (Å²) in [4.78, 5) is 9.46. The molecule has 18 aromatic carbocycles. The van der Waals surface area contributed by atoms with E-state index in [0.29, 0.717) is 0 Å². The topological polar surface area (TPSA) is 13.0 Å². The zero-order chi connectivity index (χ0) is 72.0. The zero-order valence-corrected chi connectivity index (χ0v) is 59.5. The highest BCUT2D eigenvalue weighted by Crippen LogP contribution is 2.46. The number of para-hydroxylation sites is 1. The normalized spacial score (nSPS) is 11.1. The van der Waals surface area contributed by atoms with Crippen LogP contribution in [0.25, 0.3) is 99.4 Å². The quantitative estimate of drug-likeness (QED) is 0.0800. The van der Waals surface area contributed by atoms with Gasteiger partial charge in [-0.2, -0.15) is 0 Å². The van der Waals surface area contributed by atoms with Gasteiger partial charge in [-0.15, -0.1) is 0 Å². The van der Waals surface area contributed by atoms with Crippen LogP contribution < -0.4 is 19.6 Å². The maximum Gasteiger partial charge on any atom is 0.0540 e. The van der Waals surface area contributed by atoms with Gasteiger partial charge < -0.3 is 19.6 Å². The second-order valence-corrected chi connectivity index (χ2v) is 27.3. The number of hydrogen-bond donors (Lipinski definition) is 0. The van der Waals surface area contributed by atoms with E-state index < -0.39 is 0 Å². The van der Waals surface area contributed by atoms with Gasteiger partial charge >= 0.3 is 0 Å². The molecule has 0 fully saturated rings. The van der Waals surface area contributed by atoms with E-state index in [1.807, 2.05) is 0 Å². The van der Waals surface area contributed by atoms with E-state index in [2.05, 4.69) is 469 Å². The van der Waals surface area contributed by atoms with Gasteiger partial charge in [-0.3, -0.25) is 0 Å². The van der Waals surface area contributed by atoms with Gasteiger partial charge in [0.05, 0.1) is 11.4 Å².